The van der Waals surface area contributed by atoms with E-state index in [1.807, 2.05) is 0 Å². The van der Waals surface area contributed by atoms with E-state index in [-0.39, 0.29) is 18.6 Å². The van der Waals surface area contributed by atoms with Crippen LogP contribution in [0.5, 0.6) is 0 Å². The Hall–Kier alpha value is -2.77. The van der Waals surface area contributed by atoms with Crippen LogP contribution >= 0.6 is 0 Å². The molecule has 1 aliphatic rings. The van der Waals surface area contributed by atoms with Crippen molar-refractivity contribution in [2.45, 2.75) is 18.9 Å². The van der Waals surface area contributed by atoms with Gasteiger partial charge in [0.1, 0.15) is 12.4 Å². The van der Waals surface area contributed by atoms with Crippen molar-refractivity contribution >= 4 is 24.0 Å². The van der Waals surface area contributed by atoms with E-state index in [0.29, 0.717) is 18.6 Å². The van der Waals surface area contributed by atoms with Gasteiger partial charge < -0.3 is 14.5 Å². The summed E-state index contributed by atoms with van der Waals surface area (Å²) in [6.07, 6.45) is 4.41. The summed E-state index contributed by atoms with van der Waals surface area (Å²) in [4.78, 5) is 33.6. The molecular formula is C13H15N3O5. The highest BCUT2D eigenvalue weighted by Crippen LogP contribution is 2.06. The van der Waals surface area contributed by atoms with Crippen molar-refractivity contribution in [3.8, 4) is 0 Å². The second-order valence-electron chi connectivity index (χ2n) is 4.36. The summed E-state index contributed by atoms with van der Waals surface area (Å²) >= 11 is 0. The third-order valence-corrected chi connectivity index (χ3v) is 2.73. The Labute approximate surface area is 120 Å². The molecule has 21 heavy (non-hydrogen) atoms. The molecule has 8 heteroatoms. The van der Waals surface area contributed by atoms with E-state index in [1.165, 1.54) is 18.4 Å². The van der Waals surface area contributed by atoms with E-state index >= 15 is 0 Å². The van der Waals surface area contributed by atoms with Crippen molar-refractivity contribution in [1.82, 2.24) is 16.2 Å². The van der Waals surface area contributed by atoms with Gasteiger partial charge in [0.25, 0.3) is 5.91 Å². The molecule has 0 radical (unpaired) electrons. The van der Waals surface area contributed by atoms with Crippen LogP contribution in [-0.2, 0) is 14.3 Å². The second kappa shape index (κ2) is 7.13. The Morgan fingerprint density at radius 3 is 3.00 bits per heavy atom. The number of furan rings is 1. The number of hydrogen-bond acceptors (Lipinski definition) is 5. The normalized spacial score (nSPS) is 17.5. The predicted molar refractivity (Wildman–Crippen MR) is 71.5 cm³/mol. The molecule has 1 unspecified atom stereocenters. The SMILES string of the molecule is O=C(/C=C/c1ccco1)NNC(=O)OCC1CCC(=O)N1. The van der Waals surface area contributed by atoms with Gasteiger partial charge in [-0.15, -0.1) is 0 Å². The Morgan fingerprint density at radius 2 is 2.33 bits per heavy atom. The van der Waals surface area contributed by atoms with Gasteiger partial charge in [0, 0.05) is 12.5 Å². The van der Waals surface area contributed by atoms with Gasteiger partial charge in [-0.3, -0.25) is 15.0 Å². The molecule has 0 bridgehead atoms. The number of hydrazine groups is 1. The molecule has 1 aliphatic heterocycles. The molecular weight excluding hydrogens is 278 g/mol. The zero-order valence-electron chi connectivity index (χ0n) is 11.1. The third kappa shape index (κ3) is 5.01. The largest absolute Gasteiger partial charge is 0.465 e. The average molecular weight is 293 g/mol. The van der Waals surface area contributed by atoms with Crippen molar-refractivity contribution < 1.29 is 23.5 Å². The predicted octanol–water partition coefficient (Wildman–Crippen LogP) is 0.329. The quantitative estimate of drug-likeness (QED) is 0.547. The van der Waals surface area contributed by atoms with E-state index in [9.17, 15) is 14.4 Å². The third-order valence-electron chi connectivity index (χ3n) is 2.73. The number of amides is 3. The first kappa shape index (κ1) is 14.6. The molecule has 1 aromatic rings. The lowest BCUT2D eigenvalue weighted by atomic mass is 10.2. The van der Waals surface area contributed by atoms with Gasteiger partial charge in [-0.25, -0.2) is 10.2 Å². The fourth-order valence-corrected chi connectivity index (χ4v) is 1.71. The number of carbonyl (C=O) groups is 3. The molecule has 2 rings (SSSR count). The molecule has 0 aromatic carbocycles. The lowest BCUT2D eigenvalue weighted by Crippen LogP contribution is -2.42. The summed E-state index contributed by atoms with van der Waals surface area (Å²) < 4.78 is 9.85. The number of nitrogens with one attached hydrogen (secondary N) is 3. The van der Waals surface area contributed by atoms with Crippen LogP contribution in [0.1, 0.15) is 18.6 Å². The molecule has 8 nitrogen and oxygen atoms in total. The first-order valence-electron chi connectivity index (χ1n) is 6.37. The minimum atomic E-state index is -0.795. The highest BCUT2D eigenvalue weighted by atomic mass is 16.6. The zero-order chi connectivity index (χ0) is 15.1. The summed E-state index contributed by atoms with van der Waals surface area (Å²) in [5.74, 6) is -0.0670. The first-order valence-corrected chi connectivity index (χ1v) is 6.37. The first-order chi connectivity index (χ1) is 10.1. The van der Waals surface area contributed by atoms with Crippen molar-refractivity contribution in [2.75, 3.05) is 6.61 Å². The number of hydrogen-bond donors (Lipinski definition) is 3. The second-order valence-corrected chi connectivity index (χ2v) is 4.36. The van der Waals surface area contributed by atoms with Crippen LogP contribution in [0.4, 0.5) is 4.79 Å². The molecule has 1 saturated heterocycles. The van der Waals surface area contributed by atoms with Crippen molar-refractivity contribution in [3.63, 3.8) is 0 Å². The topological polar surface area (TPSA) is 110 Å². The van der Waals surface area contributed by atoms with Crippen LogP contribution in [0.3, 0.4) is 0 Å². The molecule has 1 fully saturated rings. The van der Waals surface area contributed by atoms with Crippen LogP contribution in [-0.4, -0.2) is 30.6 Å². The Kier molecular flexibility index (Phi) is 4.97. The van der Waals surface area contributed by atoms with Gasteiger partial charge in [-0.1, -0.05) is 0 Å². The van der Waals surface area contributed by atoms with Gasteiger partial charge in [-0.05, 0) is 24.6 Å². The summed E-state index contributed by atoms with van der Waals surface area (Å²) in [5.41, 5.74) is 4.24. The number of ether oxygens (including phenoxy) is 1. The maximum atomic E-state index is 11.4. The van der Waals surface area contributed by atoms with Crippen LogP contribution in [0.15, 0.2) is 28.9 Å². The van der Waals surface area contributed by atoms with Crippen LogP contribution in [0.25, 0.3) is 6.08 Å². The molecule has 0 spiro atoms. The highest BCUT2D eigenvalue weighted by Gasteiger charge is 2.21. The molecule has 0 saturated carbocycles. The van der Waals surface area contributed by atoms with E-state index < -0.39 is 12.0 Å². The lowest BCUT2D eigenvalue weighted by molar-refractivity contribution is -0.119. The Morgan fingerprint density at radius 1 is 1.48 bits per heavy atom. The van der Waals surface area contributed by atoms with Crippen molar-refractivity contribution in [1.29, 1.82) is 0 Å². The number of rotatable bonds is 4. The minimum absolute atomic E-state index is 0.0552. The summed E-state index contributed by atoms with van der Waals surface area (Å²) in [7, 11) is 0. The van der Waals surface area contributed by atoms with Gasteiger partial charge in [0.2, 0.25) is 5.91 Å². The van der Waals surface area contributed by atoms with Crippen molar-refractivity contribution in [2.24, 2.45) is 0 Å². The standard InChI is InChI=1S/C13H15N3O5/c17-11-5-3-9(14-11)8-21-13(19)16-15-12(18)6-4-10-2-1-7-20-10/h1-2,4,6-7,9H,3,5,8H2,(H,14,17)(H,15,18)(H,16,19)/b6-4+. The summed E-state index contributed by atoms with van der Waals surface area (Å²) in [6.45, 7) is 0.0652. The highest BCUT2D eigenvalue weighted by molar-refractivity contribution is 5.92. The monoisotopic (exact) mass is 293 g/mol. The molecule has 1 aromatic heterocycles. The molecule has 3 N–H and O–H groups in total. The van der Waals surface area contributed by atoms with Crippen LogP contribution in [0, 0.1) is 0 Å². The molecule has 112 valence electrons. The van der Waals surface area contributed by atoms with Crippen molar-refractivity contribution in [3.05, 3.63) is 30.2 Å². The Balaban J connectivity index is 1.62. The minimum Gasteiger partial charge on any atom is -0.465 e. The summed E-state index contributed by atoms with van der Waals surface area (Å²) in [6, 6.07) is 3.20. The summed E-state index contributed by atoms with van der Waals surface area (Å²) in [5, 5.41) is 2.66. The smallest absolute Gasteiger partial charge is 0.426 e. The van der Waals surface area contributed by atoms with Crippen LogP contribution < -0.4 is 16.2 Å². The lowest BCUT2D eigenvalue weighted by Gasteiger charge is -2.11. The van der Waals surface area contributed by atoms with Crippen LogP contribution in [0.2, 0.25) is 0 Å². The molecule has 0 aliphatic carbocycles. The number of carbonyl (C=O) groups excluding carboxylic acids is 3. The average Bonchev–Trinajstić information content (AvgIpc) is 3.12. The fourth-order valence-electron chi connectivity index (χ4n) is 1.71. The van der Waals surface area contributed by atoms with Gasteiger partial charge in [0.15, 0.2) is 0 Å². The van der Waals surface area contributed by atoms with E-state index in [1.54, 1.807) is 12.1 Å². The van der Waals surface area contributed by atoms with E-state index in [4.69, 9.17) is 9.15 Å². The molecule has 1 atom stereocenters. The molecule has 3 amide bonds. The molecule has 2 heterocycles. The zero-order valence-corrected chi connectivity index (χ0v) is 11.1. The maximum absolute atomic E-state index is 11.4. The van der Waals surface area contributed by atoms with Gasteiger partial charge in [-0.2, -0.15) is 0 Å². The van der Waals surface area contributed by atoms with E-state index in [2.05, 4.69) is 16.2 Å². The van der Waals surface area contributed by atoms with Gasteiger partial charge in [0.05, 0.1) is 12.3 Å². The fraction of sp³-hybridized carbons (Fsp3) is 0.308. The van der Waals surface area contributed by atoms with Gasteiger partial charge >= 0.3 is 6.09 Å². The Bertz CT molecular complexity index is 538. The van der Waals surface area contributed by atoms with E-state index in [0.717, 1.165) is 0 Å². The maximum Gasteiger partial charge on any atom is 0.426 e.